The molecule has 0 saturated heterocycles. The van der Waals surface area contributed by atoms with Crippen molar-refractivity contribution in [3.05, 3.63) is 57.9 Å². The van der Waals surface area contributed by atoms with E-state index in [-0.39, 0.29) is 17.3 Å². The zero-order chi connectivity index (χ0) is 19.7. The number of ether oxygens (including phenoxy) is 2. The lowest BCUT2D eigenvalue weighted by atomic mass is 9.89. The van der Waals surface area contributed by atoms with Gasteiger partial charge < -0.3 is 13.9 Å². The highest BCUT2D eigenvalue weighted by Crippen LogP contribution is 2.38. The molecule has 142 valence electrons. The first-order valence-electron chi connectivity index (χ1n) is 9.19. The van der Waals surface area contributed by atoms with Crippen molar-refractivity contribution in [3.8, 4) is 22.6 Å². The van der Waals surface area contributed by atoms with E-state index in [0.717, 1.165) is 22.4 Å². The van der Waals surface area contributed by atoms with Crippen molar-refractivity contribution in [2.75, 3.05) is 14.2 Å². The molecule has 1 heterocycles. The zero-order valence-corrected chi connectivity index (χ0v) is 16.8. The second kappa shape index (κ2) is 7.47. The Morgan fingerprint density at radius 1 is 0.889 bits per heavy atom. The maximum atomic E-state index is 13.1. The maximum Gasteiger partial charge on any atom is 0.200 e. The van der Waals surface area contributed by atoms with Gasteiger partial charge in [-0.2, -0.15) is 0 Å². The number of benzene rings is 2. The summed E-state index contributed by atoms with van der Waals surface area (Å²) >= 11 is 0. The van der Waals surface area contributed by atoms with E-state index in [1.807, 2.05) is 12.1 Å². The van der Waals surface area contributed by atoms with Crippen molar-refractivity contribution in [2.45, 2.75) is 39.5 Å². The molecule has 0 bridgehead atoms. The van der Waals surface area contributed by atoms with E-state index >= 15 is 0 Å². The first-order valence-corrected chi connectivity index (χ1v) is 9.19. The average Bonchev–Trinajstić information content (AvgIpc) is 2.66. The van der Waals surface area contributed by atoms with Gasteiger partial charge in [-0.3, -0.25) is 4.79 Å². The molecule has 0 aliphatic carbocycles. The Hall–Kier alpha value is -2.75. The molecular weight excluding hydrogens is 340 g/mol. The van der Waals surface area contributed by atoms with Crippen molar-refractivity contribution in [3.63, 3.8) is 0 Å². The Balaban J connectivity index is 2.27. The van der Waals surface area contributed by atoms with Gasteiger partial charge in [0.2, 0.25) is 0 Å². The molecule has 0 unspecified atom stereocenters. The summed E-state index contributed by atoms with van der Waals surface area (Å²) in [6.07, 6.45) is 1.54. The molecule has 27 heavy (non-hydrogen) atoms. The van der Waals surface area contributed by atoms with Crippen LogP contribution in [0, 0.1) is 0 Å². The van der Waals surface area contributed by atoms with Gasteiger partial charge in [0.1, 0.15) is 23.3 Å². The third kappa shape index (κ3) is 3.44. The van der Waals surface area contributed by atoms with Gasteiger partial charge in [0.15, 0.2) is 5.43 Å². The van der Waals surface area contributed by atoms with Crippen molar-refractivity contribution in [1.29, 1.82) is 0 Å². The lowest BCUT2D eigenvalue weighted by molar-refractivity contribution is 0.400. The summed E-state index contributed by atoms with van der Waals surface area (Å²) in [5.74, 6) is 2.11. The monoisotopic (exact) mass is 366 g/mol. The van der Waals surface area contributed by atoms with Gasteiger partial charge in [0.05, 0.1) is 25.2 Å². The molecule has 0 aliphatic heterocycles. The van der Waals surface area contributed by atoms with E-state index in [4.69, 9.17) is 13.9 Å². The molecule has 0 fully saturated rings. The van der Waals surface area contributed by atoms with E-state index < -0.39 is 0 Å². The number of fused-ring (bicyclic) bond motifs is 1. The van der Waals surface area contributed by atoms with Crippen LogP contribution in [0.5, 0.6) is 11.5 Å². The summed E-state index contributed by atoms with van der Waals surface area (Å²) in [5, 5.41) is 0.543. The third-order valence-corrected chi connectivity index (χ3v) is 4.89. The Morgan fingerprint density at radius 2 is 1.52 bits per heavy atom. The van der Waals surface area contributed by atoms with Crippen LogP contribution in [0.15, 0.2) is 45.8 Å². The molecule has 0 saturated carbocycles. The third-order valence-electron chi connectivity index (χ3n) is 4.89. The SMILES string of the molecule is COc1ccc2c(=O)c(-c3cc(C(C)C)c(OC)c(C(C)C)c3)coc2c1. The number of rotatable bonds is 5. The second-order valence-electron chi connectivity index (χ2n) is 7.34. The van der Waals surface area contributed by atoms with E-state index in [2.05, 4.69) is 27.7 Å². The van der Waals surface area contributed by atoms with Gasteiger partial charge in [0, 0.05) is 6.07 Å². The van der Waals surface area contributed by atoms with Gasteiger partial charge in [0.25, 0.3) is 0 Å². The molecule has 3 rings (SSSR count). The molecule has 3 aromatic rings. The lowest BCUT2D eigenvalue weighted by Gasteiger charge is -2.20. The van der Waals surface area contributed by atoms with Crippen molar-refractivity contribution in [2.24, 2.45) is 0 Å². The summed E-state index contributed by atoms with van der Waals surface area (Å²) < 4.78 is 16.7. The minimum atomic E-state index is -0.0477. The van der Waals surface area contributed by atoms with Crippen molar-refractivity contribution >= 4 is 11.0 Å². The Morgan fingerprint density at radius 3 is 2.04 bits per heavy atom. The summed E-state index contributed by atoms with van der Waals surface area (Å²) in [7, 11) is 3.29. The summed E-state index contributed by atoms with van der Waals surface area (Å²) in [4.78, 5) is 13.1. The molecule has 4 heteroatoms. The van der Waals surface area contributed by atoms with Gasteiger partial charge in [-0.05, 0) is 52.8 Å². The molecule has 0 amide bonds. The molecule has 0 aliphatic rings. The summed E-state index contributed by atoms with van der Waals surface area (Å²) in [5.41, 5.74) is 4.06. The topological polar surface area (TPSA) is 48.7 Å². The van der Waals surface area contributed by atoms with E-state index in [1.54, 1.807) is 38.7 Å². The molecule has 0 spiro atoms. The zero-order valence-electron chi connectivity index (χ0n) is 16.8. The highest BCUT2D eigenvalue weighted by molar-refractivity contribution is 5.83. The normalized spacial score (nSPS) is 11.4. The quantitative estimate of drug-likeness (QED) is 0.579. The summed E-state index contributed by atoms with van der Waals surface area (Å²) in [6, 6.07) is 9.33. The van der Waals surface area contributed by atoms with E-state index in [9.17, 15) is 4.79 Å². The van der Waals surface area contributed by atoms with Gasteiger partial charge in [-0.15, -0.1) is 0 Å². The van der Waals surface area contributed by atoms with E-state index in [1.165, 1.54) is 0 Å². The Bertz CT molecular complexity index is 999. The predicted octanol–water partition coefficient (Wildman–Crippen LogP) is 5.72. The largest absolute Gasteiger partial charge is 0.497 e. The maximum absolute atomic E-state index is 13.1. The van der Waals surface area contributed by atoms with Gasteiger partial charge in [-0.1, -0.05) is 27.7 Å². The van der Waals surface area contributed by atoms with Crippen LogP contribution >= 0.6 is 0 Å². The first-order chi connectivity index (χ1) is 12.9. The predicted molar refractivity (Wildman–Crippen MR) is 109 cm³/mol. The van der Waals surface area contributed by atoms with Crippen LogP contribution in [0.2, 0.25) is 0 Å². The highest BCUT2D eigenvalue weighted by atomic mass is 16.5. The van der Waals surface area contributed by atoms with Crippen molar-refractivity contribution < 1.29 is 13.9 Å². The smallest absolute Gasteiger partial charge is 0.200 e. The van der Waals surface area contributed by atoms with Crippen LogP contribution < -0.4 is 14.9 Å². The lowest BCUT2D eigenvalue weighted by Crippen LogP contribution is -2.07. The van der Waals surface area contributed by atoms with Crippen molar-refractivity contribution in [1.82, 2.24) is 0 Å². The summed E-state index contributed by atoms with van der Waals surface area (Å²) in [6.45, 7) is 8.50. The van der Waals surface area contributed by atoms with E-state index in [0.29, 0.717) is 22.3 Å². The molecule has 0 N–H and O–H groups in total. The number of hydrogen-bond donors (Lipinski definition) is 0. The number of methoxy groups -OCH3 is 2. The van der Waals surface area contributed by atoms with Crippen LogP contribution in [0.25, 0.3) is 22.1 Å². The second-order valence-corrected chi connectivity index (χ2v) is 7.34. The fourth-order valence-corrected chi connectivity index (χ4v) is 3.36. The number of hydrogen-bond acceptors (Lipinski definition) is 4. The van der Waals surface area contributed by atoms with Crippen LogP contribution in [0.1, 0.15) is 50.7 Å². The minimum absolute atomic E-state index is 0.0477. The fourth-order valence-electron chi connectivity index (χ4n) is 3.36. The fraction of sp³-hybridized carbons (Fsp3) is 0.348. The standard InChI is InChI=1S/C23H26O4/c1-13(2)18-9-15(10-19(14(3)4)23(18)26-6)20-12-27-21-11-16(25-5)7-8-17(21)22(20)24/h7-14H,1-6H3. The van der Waals surface area contributed by atoms with Gasteiger partial charge in [-0.25, -0.2) is 0 Å². The van der Waals surface area contributed by atoms with Crippen LogP contribution in [-0.2, 0) is 0 Å². The van der Waals surface area contributed by atoms with Crippen LogP contribution in [0.4, 0.5) is 0 Å². The molecule has 0 radical (unpaired) electrons. The van der Waals surface area contributed by atoms with Crippen LogP contribution in [-0.4, -0.2) is 14.2 Å². The first kappa shape index (κ1) is 19.0. The Labute approximate surface area is 159 Å². The van der Waals surface area contributed by atoms with Gasteiger partial charge >= 0.3 is 0 Å². The Kier molecular flexibility index (Phi) is 5.26. The molecule has 4 nitrogen and oxygen atoms in total. The van der Waals surface area contributed by atoms with Crippen LogP contribution in [0.3, 0.4) is 0 Å². The molecular formula is C23H26O4. The highest BCUT2D eigenvalue weighted by Gasteiger charge is 2.19. The molecule has 1 aromatic heterocycles. The molecule has 2 aromatic carbocycles. The average molecular weight is 366 g/mol. The molecule has 0 atom stereocenters. The minimum Gasteiger partial charge on any atom is -0.497 e.